The lowest BCUT2D eigenvalue weighted by atomic mass is 9.69. The molecule has 8 nitrogen and oxygen atoms in total. The van der Waals surface area contributed by atoms with Crippen LogP contribution in [-0.2, 0) is 9.53 Å². The molecule has 1 heterocycles. The highest BCUT2D eigenvalue weighted by Crippen LogP contribution is 2.40. The SMILES string of the molecule is COC(=O)C1CC(C#N)(Nc2ccc(N3CCN(C(=O)O)CC3)cc2)C1. The molecule has 3 rings (SSSR count). The number of esters is 1. The van der Waals surface area contributed by atoms with Crippen molar-refractivity contribution in [3.8, 4) is 6.07 Å². The summed E-state index contributed by atoms with van der Waals surface area (Å²) in [7, 11) is 1.36. The fraction of sp³-hybridized carbons (Fsp3) is 0.500. The van der Waals surface area contributed by atoms with E-state index in [1.807, 2.05) is 24.3 Å². The number of hydrogen-bond acceptors (Lipinski definition) is 6. The summed E-state index contributed by atoms with van der Waals surface area (Å²) < 4.78 is 4.73. The first-order valence-electron chi connectivity index (χ1n) is 8.56. The third kappa shape index (κ3) is 3.52. The number of anilines is 2. The molecule has 8 heteroatoms. The molecule has 1 aromatic carbocycles. The minimum Gasteiger partial charge on any atom is -0.469 e. The largest absolute Gasteiger partial charge is 0.469 e. The summed E-state index contributed by atoms with van der Waals surface area (Å²) in [4.78, 5) is 26.0. The molecule has 2 N–H and O–H groups in total. The van der Waals surface area contributed by atoms with Crippen LogP contribution in [0.3, 0.4) is 0 Å². The Balaban J connectivity index is 1.58. The highest BCUT2D eigenvalue weighted by molar-refractivity contribution is 5.75. The minimum absolute atomic E-state index is 0.225. The number of piperazine rings is 1. The molecule has 0 unspecified atom stereocenters. The summed E-state index contributed by atoms with van der Waals surface area (Å²) in [5, 5.41) is 21.7. The Morgan fingerprint density at radius 1 is 1.23 bits per heavy atom. The third-order valence-corrected chi connectivity index (χ3v) is 5.10. The molecular weight excluding hydrogens is 336 g/mol. The van der Waals surface area contributed by atoms with E-state index in [1.165, 1.54) is 12.0 Å². The van der Waals surface area contributed by atoms with E-state index >= 15 is 0 Å². The second-order valence-corrected chi connectivity index (χ2v) is 6.75. The van der Waals surface area contributed by atoms with Crippen LogP contribution in [0.2, 0.25) is 0 Å². The molecule has 26 heavy (non-hydrogen) atoms. The van der Waals surface area contributed by atoms with Gasteiger partial charge in [0.1, 0.15) is 5.54 Å². The molecule has 1 saturated carbocycles. The first-order chi connectivity index (χ1) is 12.5. The van der Waals surface area contributed by atoms with Gasteiger partial charge >= 0.3 is 12.1 Å². The van der Waals surface area contributed by atoms with Crippen molar-refractivity contribution in [2.45, 2.75) is 18.4 Å². The second kappa shape index (κ2) is 7.12. The topological polar surface area (TPSA) is 106 Å². The van der Waals surface area contributed by atoms with Gasteiger partial charge in [0, 0.05) is 37.6 Å². The summed E-state index contributed by atoms with van der Waals surface area (Å²) in [6, 6.07) is 10.0. The monoisotopic (exact) mass is 358 g/mol. The highest BCUT2D eigenvalue weighted by Gasteiger charge is 2.48. The molecule has 0 bridgehead atoms. The fourth-order valence-corrected chi connectivity index (χ4v) is 3.52. The van der Waals surface area contributed by atoms with Crippen molar-refractivity contribution in [1.29, 1.82) is 5.26 Å². The molecule has 0 atom stereocenters. The number of ether oxygens (including phenoxy) is 1. The van der Waals surface area contributed by atoms with Crippen molar-refractivity contribution in [2.24, 2.45) is 5.92 Å². The smallest absolute Gasteiger partial charge is 0.407 e. The van der Waals surface area contributed by atoms with Crippen molar-refractivity contribution >= 4 is 23.4 Å². The van der Waals surface area contributed by atoms with Crippen LogP contribution in [0.4, 0.5) is 16.2 Å². The predicted octanol–water partition coefficient (Wildman–Crippen LogP) is 1.74. The zero-order valence-corrected chi connectivity index (χ0v) is 14.6. The molecule has 1 amide bonds. The van der Waals surface area contributed by atoms with Crippen molar-refractivity contribution in [2.75, 3.05) is 43.5 Å². The number of carbonyl (C=O) groups is 2. The number of methoxy groups -OCH3 is 1. The van der Waals surface area contributed by atoms with Gasteiger partial charge in [-0.25, -0.2) is 4.79 Å². The number of hydrogen-bond donors (Lipinski definition) is 2. The molecule has 0 spiro atoms. The number of benzene rings is 1. The molecule has 0 radical (unpaired) electrons. The Morgan fingerprint density at radius 2 is 1.85 bits per heavy atom. The third-order valence-electron chi connectivity index (χ3n) is 5.10. The van der Waals surface area contributed by atoms with Gasteiger partial charge in [-0.05, 0) is 37.1 Å². The molecule has 138 valence electrons. The van der Waals surface area contributed by atoms with E-state index < -0.39 is 11.6 Å². The number of rotatable bonds is 4. The number of nitriles is 1. The molecular formula is C18H22N4O4. The highest BCUT2D eigenvalue weighted by atomic mass is 16.5. The van der Waals surface area contributed by atoms with E-state index in [-0.39, 0.29) is 11.9 Å². The van der Waals surface area contributed by atoms with Crippen LogP contribution in [0.25, 0.3) is 0 Å². The molecule has 0 aromatic heterocycles. The standard InChI is InChI=1S/C18H22N4O4/c1-26-16(23)13-10-18(11-13,12-19)20-14-2-4-15(5-3-14)21-6-8-22(9-7-21)17(24)25/h2-5,13,20H,6-11H2,1H3,(H,24,25). The van der Waals surface area contributed by atoms with Crippen LogP contribution >= 0.6 is 0 Å². The lowest BCUT2D eigenvalue weighted by Gasteiger charge is -2.42. The summed E-state index contributed by atoms with van der Waals surface area (Å²) in [6.45, 7) is 2.29. The average Bonchev–Trinajstić information content (AvgIpc) is 2.64. The Kier molecular flexibility index (Phi) is 4.89. The maximum atomic E-state index is 11.5. The molecule has 1 aliphatic carbocycles. The molecule has 1 aromatic rings. The Bertz CT molecular complexity index is 714. The normalized spacial score (nSPS) is 25.0. The molecule has 2 fully saturated rings. The van der Waals surface area contributed by atoms with Crippen LogP contribution in [-0.4, -0.2) is 60.9 Å². The van der Waals surface area contributed by atoms with Crippen LogP contribution < -0.4 is 10.2 Å². The van der Waals surface area contributed by atoms with Crippen LogP contribution in [0.15, 0.2) is 24.3 Å². The lowest BCUT2D eigenvalue weighted by Crippen LogP contribution is -2.52. The number of amides is 1. The van der Waals surface area contributed by atoms with E-state index in [1.54, 1.807) is 0 Å². The van der Waals surface area contributed by atoms with Crippen molar-refractivity contribution in [3.05, 3.63) is 24.3 Å². The Morgan fingerprint density at radius 3 is 2.35 bits per heavy atom. The Labute approximate surface area is 151 Å². The number of nitrogens with zero attached hydrogens (tertiary/aromatic N) is 3. The Hall–Kier alpha value is -2.95. The summed E-state index contributed by atoms with van der Waals surface area (Å²) in [6.07, 6.45) is 0.00111. The van der Waals surface area contributed by atoms with Crippen LogP contribution in [0, 0.1) is 17.2 Å². The summed E-state index contributed by atoms with van der Waals surface area (Å²) in [5.41, 5.74) is 1.11. The van der Waals surface area contributed by atoms with Gasteiger partial charge in [0.25, 0.3) is 0 Å². The minimum atomic E-state index is -0.878. The van der Waals surface area contributed by atoms with E-state index in [0.717, 1.165) is 11.4 Å². The first kappa shape index (κ1) is 17.9. The van der Waals surface area contributed by atoms with Gasteiger partial charge in [0.05, 0.1) is 19.1 Å². The van der Waals surface area contributed by atoms with Crippen molar-refractivity contribution in [1.82, 2.24) is 4.90 Å². The number of nitrogens with one attached hydrogen (secondary N) is 1. The molecule has 1 aliphatic heterocycles. The van der Waals surface area contributed by atoms with Gasteiger partial charge in [-0.15, -0.1) is 0 Å². The van der Waals surface area contributed by atoms with E-state index in [0.29, 0.717) is 39.0 Å². The van der Waals surface area contributed by atoms with Gasteiger partial charge in [-0.1, -0.05) is 0 Å². The van der Waals surface area contributed by atoms with Gasteiger partial charge in [-0.2, -0.15) is 5.26 Å². The maximum Gasteiger partial charge on any atom is 0.407 e. The lowest BCUT2D eigenvalue weighted by molar-refractivity contribution is -0.149. The van der Waals surface area contributed by atoms with Crippen LogP contribution in [0.5, 0.6) is 0 Å². The quantitative estimate of drug-likeness (QED) is 0.790. The first-order valence-corrected chi connectivity index (χ1v) is 8.56. The van der Waals surface area contributed by atoms with E-state index in [2.05, 4.69) is 16.3 Å². The van der Waals surface area contributed by atoms with E-state index in [4.69, 9.17) is 9.84 Å². The van der Waals surface area contributed by atoms with Gasteiger partial charge in [-0.3, -0.25) is 4.79 Å². The van der Waals surface area contributed by atoms with Crippen molar-refractivity contribution < 1.29 is 19.4 Å². The van der Waals surface area contributed by atoms with Gasteiger partial charge in [0.15, 0.2) is 0 Å². The van der Waals surface area contributed by atoms with Crippen LogP contribution in [0.1, 0.15) is 12.8 Å². The van der Waals surface area contributed by atoms with Gasteiger partial charge in [0.2, 0.25) is 0 Å². The summed E-state index contributed by atoms with van der Waals surface area (Å²) in [5.74, 6) is -0.495. The van der Waals surface area contributed by atoms with Crippen molar-refractivity contribution in [3.63, 3.8) is 0 Å². The summed E-state index contributed by atoms with van der Waals surface area (Å²) >= 11 is 0. The average molecular weight is 358 g/mol. The zero-order chi connectivity index (χ0) is 18.7. The maximum absolute atomic E-state index is 11.5. The van der Waals surface area contributed by atoms with E-state index in [9.17, 15) is 14.9 Å². The second-order valence-electron chi connectivity index (χ2n) is 6.75. The molecule has 1 saturated heterocycles. The predicted molar refractivity (Wildman–Crippen MR) is 95.0 cm³/mol. The number of carboxylic acid groups (broad SMARTS) is 1. The number of carbonyl (C=O) groups excluding carboxylic acids is 1. The van der Waals surface area contributed by atoms with Gasteiger partial charge < -0.3 is 25.0 Å². The molecule has 2 aliphatic rings. The zero-order valence-electron chi connectivity index (χ0n) is 14.6. The fourth-order valence-electron chi connectivity index (χ4n) is 3.52.